The zero-order valence-electron chi connectivity index (χ0n) is 13.8. The van der Waals surface area contributed by atoms with Gasteiger partial charge in [0.25, 0.3) is 5.91 Å². The Balaban J connectivity index is 0.00000156. The van der Waals surface area contributed by atoms with E-state index in [1.165, 1.54) is 11.3 Å². The molecule has 0 radical (unpaired) electrons. The van der Waals surface area contributed by atoms with E-state index >= 15 is 0 Å². The van der Waals surface area contributed by atoms with Crippen LogP contribution in [0.3, 0.4) is 0 Å². The van der Waals surface area contributed by atoms with Crippen LogP contribution in [0.15, 0.2) is 36.4 Å². The molecule has 3 N–H and O–H groups in total. The van der Waals surface area contributed by atoms with Gasteiger partial charge in [-0.1, -0.05) is 41.7 Å². The molecule has 0 saturated heterocycles. The summed E-state index contributed by atoms with van der Waals surface area (Å²) in [6.45, 7) is 0.408. The van der Waals surface area contributed by atoms with Crippen LogP contribution in [0.2, 0.25) is 0 Å². The van der Waals surface area contributed by atoms with Gasteiger partial charge in [-0.2, -0.15) is 0 Å². The van der Waals surface area contributed by atoms with Gasteiger partial charge >= 0.3 is 0 Å². The summed E-state index contributed by atoms with van der Waals surface area (Å²) in [5.41, 5.74) is 7.11. The molecule has 0 fully saturated rings. The number of fused-ring (bicyclic) bond motifs is 1. The molecule has 136 valence electrons. The van der Waals surface area contributed by atoms with Crippen molar-refractivity contribution in [3.8, 4) is 0 Å². The van der Waals surface area contributed by atoms with Crippen LogP contribution in [-0.4, -0.2) is 31.5 Å². The number of rotatable bonds is 5. The van der Waals surface area contributed by atoms with Crippen LogP contribution in [0, 0.1) is 0 Å². The normalized spacial score (nSPS) is 11.3. The third kappa shape index (κ3) is 5.05. The molecule has 1 unspecified atom stereocenters. The average Bonchev–Trinajstić information content (AvgIpc) is 3.12. The lowest BCUT2D eigenvalue weighted by molar-refractivity contribution is 0.0955. The zero-order chi connectivity index (χ0) is 16.4. The second kappa shape index (κ2) is 9.35. The first kappa shape index (κ1) is 21.7. The Labute approximate surface area is 167 Å². The molecule has 0 aliphatic heterocycles. The summed E-state index contributed by atoms with van der Waals surface area (Å²) in [4.78, 5) is 20.3. The summed E-state index contributed by atoms with van der Waals surface area (Å²) in [5, 5.41) is 3.85. The van der Waals surface area contributed by atoms with Gasteiger partial charge in [0.1, 0.15) is 4.83 Å². The number of aromatic nitrogens is 1. The summed E-state index contributed by atoms with van der Waals surface area (Å²) < 4.78 is 1.04. The van der Waals surface area contributed by atoms with Crippen LogP contribution in [0.4, 0.5) is 5.13 Å². The summed E-state index contributed by atoms with van der Waals surface area (Å²) in [5.74, 6) is -0.0991. The zero-order valence-corrected chi connectivity index (χ0v) is 17.0. The number of halogens is 2. The highest BCUT2D eigenvalue weighted by atomic mass is 35.5. The number of carbonyl (C=O) groups excluding carboxylic acids is 1. The molecule has 0 saturated carbocycles. The monoisotopic (exact) mass is 418 g/mol. The van der Waals surface area contributed by atoms with Crippen LogP contribution in [0.5, 0.6) is 0 Å². The van der Waals surface area contributed by atoms with E-state index in [0.29, 0.717) is 11.4 Å². The van der Waals surface area contributed by atoms with E-state index in [0.717, 1.165) is 20.2 Å². The maximum absolute atomic E-state index is 12.3. The van der Waals surface area contributed by atoms with Crippen molar-refractivity contribution in [3.05, 3.63) is 46.8 Å². The fourth-order valence-corrected chi connectivity index (χ4v) is 4.18. The Bertz CT molecular complexity index is 789. The third-order valence-corrected chi connectivity index (χ3v) is 5.72. The van der Waals surface area contributed by atoms with Crippen molar-refractivity contribution >= 4 is 68.1 Å². The van der Waals surface area contributed by atoms with Crippen LogP contribution < -0.4 is 16.0 Å². The lowest BCUT2D eigenvalue weighted by Gasteiger charge is -2.12. The summed E-state index contributed by atoms with van der Waals surface area (Å²) in [7, 11) is 3.92. The van der Waals surface area contributed by atoms with Gasteiger partial charge in [0.2, 0.25) is 0 Å². The molecular weight excluding hydrogens is 399 g/mol. The van der Waals surface area contributed by atoms with Gasteiger partial charge in [0.15, 0.2) is 5.13 Å². The minimum absolute atomic E-state index is 0. The number of thiophene rings is 1. The van der Waals surface area contributed by atoms with E-state index in [9.17, 15) is 4.79 Å². The standard InChI is InChI=1S/C16H18N4OS2.2ClH/c1-20(2)16-19-15-13(23-16)8-12(22-15)14(21)18-9-11(17)10-6-4-3-5-7-10;;/h3-8,11H,9,17H2,1-2H3,(H,18,21);2*1H. The van der Waals surface area contributed by atoms with Crippen LogP contribution in [0.25, 0.3) is 9.53 Å². The van der Waals surface area contributed by atoms with Gasteiger partial charge in [0, 0.05) is 26.7 Å². The maximum atomic E-state index is 12.3. The van der Waals surface area contributed by atoms with Gasteiger partial charge < -0.3 is 16.0 Å². The number of hydrogen-bond donors (Lipinski definition) is 2. The Morgan fingerprint density at radius 2 is 1.92 bits per heavy atom. The molecule has 5 nitrogen and oxygen atoms in total. The van der Waals surface area contributed by atoms with Crippen molar-refractivity contribution < 1.29 is 4.79 Å². The second-order valence-electron chi connectivity index (χ2n) is 5.40. The molecule has 0 aliphatic rings. The van der Waals surface area contributed by atoms with Crippen molar-refractivity contribution in [1.29, 1.82) is 0 Å². The predicted molar refractivity (Wildman–Crippen MR) is 112 cm³/mol. The molecular formula is C16H20Cl2N4OS2. The minimum atomic E-state index is -0.209. The molecule has 1 atom stereocenters. The van der Waals surface area contributed by atoms with E-state index in [2.05, 4.69) is 10.3 Å². The SMILES string of the molecule is CN(C)c1nc2sc(C(=O)NCC(N)c3ccccc3)cc2s1.Cl.Cl. The lowest BCUT2D eigenvalue weighted by Crippen LogP contribution is -2.31. The Kier molecular flexibility index (Phi) is 8.11. The first-order chi connectivity index (χ1) is 11.0. The van der Waals surface area contributed by atoms with Gasteiger partial charge in [-0.3, -0.25) is 4.79 Å². The van der Waals surface area contributed by atoms with Gasteiger partial charge in [0.05, 0.1) is 9.58 Å². The fourth-order valence-electron chi connectivity index (χ4n) is 2.13. The molecule has 2 aromatic heterocycles. The van der Waals surface area contributed by atoms with Crippen molar-refractivity contribution in [2.45, 2.75) is 6.04 Å². The highest BCUT2D eigenvalue weighted by Gasteiger charge is 2.15. The van der Waals surface area contributed by atoms with Crippen molar-refractivity contribution in [1.82, 2.24) is 10.3 Å². The number of hydrogen-bond acceptors (Lipinski definition) is 6. The van der Waals surface area contributed by atoms with E-state index in [1.54, 1.807) is 11.3 Å². The number of thiazole rings is 1. The quantitative estimate of drug-likeness (QED) is 0.662. The summed E-state index contributed by atoms with van der Waals surface area (Å²) in [6.07, 6.45) is 0. The van der Waals surface area contributed by atoms with Crippen LogP contribution >= 0.6 is 47.5 Å². The molecule has 3 rings (SSSR count). The van der Waals surface area contributed by atoms with Crippen molar-refractivity contribution in [2.24, 2.45) is 5.73 Å². The van der Waals surface area contributed by atoms with Crippen LogP contribution in [0.1, 0.15) is 21.3 Å². The van der Waals surface area contributed by atoms with Crippen molar-refractivity contribution in [2.75, 3.05) is 25.5 Å². The third-order valence-electron chi connectivity index (χ3n) is 3.39. The highest BCUT2D eigenvalue weighted by molar-refractivity contribution is 7.29. The molecule has 3 aromatic rings. The smallest absolute Gasteiger partial charge is 0.261 e. The second-order valence-corrected chi connectivity index (χ2v) is 7.44. The number of anilines is 1. The summed E-state index contributed by atoms with van der Waals surface area (Å²) >= 11 is 3.00. The largest absolute Gasteiger partial charge is 0.354 e. The average molecular weight is 419 g/mol. The maximum Gasteiger partial charge on any atom is 0.261 e. The Hall–Kier alpha value is -1.38. The Morgan fingerprint density at radius 3 is 2.52 bits per heavy atom. The summed E-state index contributed by atoms with van der Waals surface area (Å²) in [6, 6.07) is 11.4. The molecule has 9 heteroatoms. The van der Waals surface area contributed by atoms with E-state index in [4.69, 9.17) is 5.73 Å². The molecule has 0 spiro atoms. The number of benzene rings is 1. The number of nitrogens with two attached hydrogens (primary N) is 1. The van der Waals surface area contributed by atoms with Crippen molar-refractivity contribution in [3.63, 3.8) is 0 Å². The number of nitrogens with zero attached hydrogens (tertiary/aromatic N) is 2. The molecule has 1 amide bonds. The molecule has 0 bridgehead atoms. The first-order valence-electron chi connectivity index (χ1n) is 7.21. The highest BCUT2D eigenvalue weighted by Crippen LogP contribution is 2.33. The van der Waals surface area contributed by atoms with Gasteiger partial charge in [-0.25, -0.2) is 4.98 Å². The minimum Gasteiger partial charge on any atom is -0.354 e. The van der Waals surface area contributed by atoms with Crippen LogP contribution in [-0.2, 0) is 0 Å². The Morgan fingerprint density at radius 1 is 1.24 bits per heavy atom. The topological polar surface area (TPSA) is 71.2 Å². The number of nitrogens with one attached hydrogen (secondary N) is 1. The van der Waals surface area contributed by atoms with Gasteiger partial charge in [-0.15, -0.1) is 36.2 Å². The van der Waals surface area contributed by atoms with E-state index in [1.807, 2.05) is 55.4 Å². The van der Waals surface area contributed by atoms with E-state index in [-0.39, 0.29) is 36.8 Å². The van der Waals surface area contributed by atoms with Gasteiger partial charge in [-0.05, 0) is 11.6 Å². The molecule has 2 heterocycles. The first-order valence-corrected chi connectivity index (χ1v) is 8.84. The molecule has 1 aromatic carbocycles. The number of carbonyl (C=O) groups is 1. The molecule has 25 heavy (non-hydrogen) atoms. The van der Waals surface area contributed by atoms with E-state index < -0.39 is 0 Å². The lowest BCUT2D eigenvalue weighted by atomic mass is 10.1. The molecule has 0 aliphatic carbocycles. The predicted octanol–water partition coefficient (Wildman–Crippen LogP) is 3.70. The number of amides is 1. The fraction of sp³-hybridized carbons (Fsp3) is 0.250.